The number of thioether (sulfide) groups is 1. The van der Waals surface area contributed by atoms with E-state index < -0.39 is 21.8 Å². The first-order chi connectivity index (χ1) is 17.5. The van der Waals surface area contributed by atoms with Crippen LogP contribution in [0.3, 0.4) is 0 Å². The Labute approximate surface area is 235 Å². The summed E-state index contributed by atoms with van der Waals surface area (Å²) in [6.45, 7) is 2.78. The number of nitrogens with zero attached hydrogens (tertiary/aromatic N) is 2. The highest BCUT2D eigenvalue weighted by Gasteiger charge is 2.36. The fraction of sp³-hybridized carbons (Fsp3) is 0.320. The first-order valence-electron chi connectivity index (χ1n) is 11.6. The van der Waals surface area contributed by atoms with Crippen LogP contribution >= 0.6 is 35.0 Å². The zero-order valence-electron chi connectivity index (χ0n) is 19.9. The molecule has 2 aromatic carbocycles. The van der Waals surface area contributed by atoms with Gasteiger partial charge in [0.2, 0.25) is 5.37 Å². The number of carbonyl (C=O) groups is 1. The second-order valence-corrected chi connectivity index (χ2v) is 13.3. The van der Waals surface area contributed by atoms with Gasteiger partial charge in [-0.25, -0.2) is 8.42 Å². The minimum Gasteiger partial charge on any atom is -0.748 e. The molecule has 0 radical (unpaired) electrons. The van der Waals surface area contributed by atoms with Gasteiger partial charge in [0.05, 0.1) is 32.9 Å². The molecule has 1 unspecified atom stereocenters. The number of thiol groups is 1. The maximum absolute atomic E-state index is 11.3. The normalized spacial score (nSPS) is 18.4. The van der Waals surface area contributed by atoms with Gasteiger partial charge in [-0.1, -0.05) is 41.9 Å². The third kappa shape index (κ3) is 7.19. The van der Waals surface area contributed by atoms with Crippen molar-refractivity contribution in [2.75, 3.05) is 28.6 Å². The highest BCUT2D eigenvalue weighted by molar-refractivity contribution is 8.03. The van der Waals surface area contributed by atoms with Gasteiger partial charge in [-0.05, 0) is 67.0 Å². The zero-order chi connectivity index (χ0) is 26.7. The molecule has 0 aliphatic carbocycles. The zero-order valence-corrected chi connectivity index (χ0v) is 24.0. The summed E-state index contributed by atoms with van der Waals surface area (Å²) >= 11 is 15.1. The standard InChI is InChI=1S/C25H26Cl2N2O5S3/c1-2-16(13-24-29(10-8-25(30)31)20-15-18(27)5-7-22(20)36-24)12-23-28(9-3-11-37(32,33)34)19-14-17(26)4-6-21(19)35-23/h4-7,12-15,23H,2-3,8-11H2,1H3,(H,30,31)(H,32,33,34)/b16-12+,24-13-. The van der Waals surface area contributed by atoms with E-state index in [1.165, 1.54) is 0 Å². The average Bonchev–Trinajstić information content (AvgIpc) is 3.33. The van der Waals surface area contributed by atoms with E-state index in [2.05, 4.69) is 24.0 Å². The lowest BCUT2D eigenvalue weighted by molar-refractivity contribution is -0.136. The largest absolute Gasteiger partial charge is 0.748 e. The molecule has 2 aliphatic rings. The minimum atomic E-state index is -4.30. The number of benzene rings is 2. The molecule has 4 rings (SSSR count). The molecule has 12 heteroatoms. The van der Waals surface area contributed by atoms with Crippen molar-refractivity contribution in [3.63, 3.8) is 0 Å². The Hall–Kier alpha value is -1.82. The molecule has 2 aromatic rings. The molecular weight excluding hydrogens is 575 g/mol. The van der Waals surface area contributed by atoms with E-state index in [-0.39, 0.29) is 18.2 Å². The summed E-state index contributed by atoms with van der Waals surface area (Å²) in [5.74, 6) is -1.30. The summed E-state index contributed by atoms with van der Waals surface area (Å²) in [6.07, 6.45) is 5.17. The van der Waals surface area contributed by atoms with Gasteiger partial charge in [0, 0.05) is 45.5 Å². The molecule has 0 aromatic heterocycles. The van der Waals surface area contributed by atoms with Gasteiger partial charge < -0.3 is 19.5 Å². The van der Waals surface area contributed by atoms with Gasteiger partial charge in [-0.2, -0.15) is 0 Å². The minimum absolute atomic E-state index is 0.0112. The van der Waals surface area contributed by atoms with Gasteiger partial charge in [0.25, 0.3) is 0 Å². The Morgan fingerprint density at radius 2 is 1.86 bits per heavy atom. The fourth-order valence-electron chi connectivity index (χ4n) is 4.22. The lowest BCUT2D eigenvalue weighted by atomic mass is 10.1. The highest BCUT2D eigenvalue weighted by atomic mass is 35.5. The summed E-state index contributed by atoms with van der Waals surface area (Å²) in [4.78, 5) is 17.5. The van der Waals surface area contributed by atoms with Gasteiger partial charge in [0.15, 0.2) is 4.90 Å². The fourth-order valence-corrected chi connectivity index (χ4v) is 7.60. The van der Waals surface area contributed by atoms with Gasteiger partial charge in [-0.3, -0.25) is 4.79 Å². The van der Waals surface area contributed by atoms with Gasteiger partial charge in [0.1, 0.15) is 0 Å². The third-order valence-electron chi connectivity index (χ3n) is 5.95. The molecule has 0 saturated carbocycles. The number of rotatable bonds is 10. The second kappa shape index (κ2) is 11.9. The lowest BCUT2D eigenvalue weighted by Gasteiger charge is -2.22. The summed E-state index contributed by atoms with van der Waals surface area (Å²) in [5, 5.41) is 11.3. The summed E-state index contributed by atoms with van der Waals surface area (Å²) in [6, 6.07) is 11.3. The number of aliphatic carboxylic acids is 1. The molecular formula is C25H26Cl2N2O5S3. The van der Waals surface area contributed by atoms with Crippen LogP contribution in [0.1, 0.15) is 26.2 Å². The van der Waals surface area contributed by atoms with Gasteiger partial charge in [-0.15, -0.1) is 0 Å². The topological polar surface area (TPSA) is 101 Å². The molecule has 1 atom stereocenters. The van der Waals surface area contributed by atoms with Gasteiger partial charge >= 0.3 is 5.97 Å². The van der Waals surface area contributed by atoms with E-state index >= 15 is 0 Å². The second-order valence-electron chi connectivity index (χ2n) is 8.57. The SMILES string of the molecule is CCC(/C=C1\Sc2ccc(Cl)cc2N1CCC(=O)O)=C\C1[SH+]c2ccc(Cl)cc2N1CCCS(=O)(=O)[O-]. The third-order valence-corrected chi connectivity index (χ3v) is 9.67. The van der Waals surface area contributed by atoms with Crippen LogP contribution in [-0.2, 0) is 26.7 Å². The number of fused-ring (bicyclic) bond motifs is 2. The number of allylic oxidation sites excluding steroid dienone is 2. The maximum Gasteiger partial charge on any atom is 0.305 e. The number of carboxylic acid groups (broad SMARTS) is 1. The van der Waals surface area contributed by atoms with Crippen molar-refractivity contribution in [1.82, 2.24) is 0 Å². The summed E-state index contributed by atoms with van der Waals surface area (Å²) in [7, 11) is -4.30. The van der Waals surface area contributed by atoms with Crippen LogP contribution in [-0.4, -0.2) is 48.3 Å². The Bertz CT molecular complexity index is 1360. The highest BCUT2D eigenvalue weighted by Crippen LogP contribution is 2.47. The van der Waals surface area contributed by atoms with Crippen molar-refractivity contribution >= 4 is 74.2 Å². The van der Waals surface area contributed by atoms with Crippen LogP contribution in [0, 0.1) is 0 Å². The van der Waals surface area contributed by atoms with Crippen molar-refractivity contribution in [1.29, 1.82) is 0 Å². The number of halogens is 2. The molecule has 0 fully saturated rings. The van der Waals surface area contributed by atoms with E-state index in [9.17, 15) is 22.9 Å². The average molecular weight is 602 g/mol. The molecule has 7 nitrogen and oxygen atoms in total. The monoisotopic (exact) mass is 600 g/mol. The Morgan fingerprint density at radius 1 is 1.16 bits per heavy atom. The van der Waals surface area contributed by atoms with Crippen molar-refractivity contribution in [2.45, 2.75) is 41.4 Å². The maximum atomic E-state index is 11.3. The van der Waals surface area contributed by atoms with Crippen LogP contribution in [0.5, 0.6) is 0 Å². The molecule has 1 N–H and O–H groups in total. The molecule has 0 saturated heterocycles. The van der Waals surface area contributed by atoms with Crippen LogP contribution in [0.2, 0.25) is 10.0 Å². The number of hydrogen-bond donors (Lipinski definition) is 1. The van der Waals surface area contributed by atoms with Crippen molar-refractivity contribution in [3.05, 3.63) is 69.2 Å². The van der Waals surface area contributed by atoms with E-state index in [1.54, 1.807) is 11.8 Å². The number of hydrogen-bond acceptors (Lipinski definition) is 7. The molecule has 0 amide bonds. The number of carboxylic acids is 1. The number of anilines is 2. The quantitative estimate of drug-likeness (QED) is 0.216. The van der Waals surface area contributed by atoms with Crippen LogP contribution in [0.25, 0.3) is 0 Å². The first-order valence-corrected chi connectivity index (χ1v) is 15.7. The smallest absolute Gasteiger partial charge is 0.305 e. The molecule has 0 spiro atoms. The van der Waals surface area contributed by atoms with Crippen LogP contribution in [0.15, 0.2) is 68.9 Å². The summed E-state index contributed by atoms with van der Waals surface area (Å²) < 4.78 is 33.5. The first kappa shape index (κ1) is 28.2. The molecule has 2 aliphatic heterocycles. The molecule has 2 heterocycles. The molecule has 37 heavy (non-hydrogen) atoms. The van der Waals surface area contributed by atoms with E-state index in [0.717, 1.165) is 50.0 Å². The van der Waals surface area contributed by atoms with Crippen molar-refractivity contribution < 1.29 is 22.9 Å². The van der Waals surface area contributed by atoms with E-state index in [4.69, 9.17) is 23.2 Å². The Morgan fingerprint density at radius 3 is 2.54 bits per heavy atom. The van der Waals surface area contributed by atoms with Crippen LogP contribution < -0.4 is 9.80 Å². The van der Waals surface area contributed by atoms with Crippen LogP contribution in [0.4, 0.5) is 11.4 Å². The molecule has 0 bridgehead atoms. The van der Waals surface area contributed by atoms with Crippen molar-refractivity contribution in [3.8, 4) is 0 Å². The van der Waals surface area contributed by atoms with Crippen molar-refractivity contribution in [2.24, 2.45) is 0 Å². The predicted molar refractivity (Wildman–Crippen MR) is 152 cm³/mol. The van der Waals surface area contributed by atoms with E-state index in [1.807, 2.05) is 41.3 Å². The predicted octanol–water partition coefficient (Wildman–Crippen LogP) is 5.51. The molecule has 198 valence electrons. The Kier molecular flexibility index (Phi) is 9.09. The van der Waals surface area contributed by atoms with E-state index in [0.29, 0.717) is 23.1 Å². The Balaban J connectivity index is 1.63. The summed E-state index contributed by atoms with van der Waals surface area (Å²) in [5.41, 5.74) is 2.88. The lowest BCUT2D eigenvalue weighted by Crippen LogP contribution is -2.32.